The van der Waals surface area contributed by atoms with Gasteiger partial charge in [-0.2, -0.15) is 13.2 Å². The molecule has 0 aliphatic carbocycles. The van der Waals surface area contributed by atoms with Crippen molar-refractivity contribution in [3.05, 3.63) is 75.5 Å². The summed E-state index contributed by atoms with van der Waals surface area (Å²) in [6.07, 6.45) is -3.32. The van der Waals surface area contributed by atoms with Crippen molar-refractivity contribution in [1.82, 2.24) is 4.48 Å². The molecule has 0 unspecified atom stereocenters. The summed E-state index contributed by atoms with van der Waals surface area (Å²) in [5.74, 6) is -1.04. The summed E-state index contributed by atoms with van der Waals surface area (Å²) in [5.41, 5.74) is -0.0889. The molecule has 0 N–H and O–H groups in total. The smallest absolute Gasteiger partial charge is 0.393 e. The van der Waals surface area contributed by atoms with Crippen LogP contribution >= 0.6 is 0 Å². The summed E-state index contributed by atoms with van der Waals surface area (Å²) in [7, 11) is 0. The van der Waals surface area contributed by atoms with Crippen LogP contribution in [0.15, 0.2) is 41.6 Å². The van der Waals surface area contributed by atoms with Crippen molar-refractivity contribution in [3.63, 3.8) is 0 Å². The molecule has 0 spiro atoms. The van der Waals surface area contributed by atoms with E-state index in [0.717, 1.165) is 21.1 Å². The van der Waals surface area contributed by atoms with Gasteiger partial charge in [-0.05, 0) is 50.2 Å². The Morgan fingerprint density at radius 3 is 2.28 bits per heavy atom. The molecule has 0 saturated carbocycles. The van der Waals surface area contributed by atoms with Gasteiger partial charge < -0.3 is 17.6 Å². The Balaban J connectivity index is 2.21. The third kappa shape index (κ3) is 2.63. The van der Waals surface area contributed by atoms with Gasteiger partial charge in [0.15, 0.2) is 5.70 Å². The third-order valence-electron chi connectivity index (χ3n) is 5.49. The van der Waals surface area contributed by atoms with E-state index in [0.29, 0.717) is 17.2 Å². The van der Waals surface area contributed by atoms with Crippen LogP contribution in [-0.4, -0.2) is 21.6 Å². The van der Waals surface area contributed by atoms with Gasteiger partial charge in [0.05, 0.1) is 11.1 Å². The second-order valence-electron chi connectivity index (χ2n) is 7.53. The summed E-state index contributed by atoms with van der Waals surface area (Å²) in [6, 6.07) is 3.87. The van der Waals surface area contributed by atoms with Crippen molar-refractivity contribution in [3.8, 4) is 0 Å². The molecule has 9 heteroatoms. The highest BCUT2D eigenvalue weighted by Crippen LogP contribution is 2.47. The highest BCUT2D eigenvalue weighted by atomic mass is 19.4. The second kappa shape index (κ2) is 5.90. The van der Waals surface area contributed by atoms with Crippen LogP contribution in [-0.2, 0) is 6.18 Å². The fraction of sp³-hybridized carbons (Fsp3) is 0.250. The van der Waals surface area contributed by atoms with Gasteiger partial charge in [-0.25, -0.2) is 4.39 Å². The molecular weight excluding hydrogens is 393 g/mol. The van der Waals surface area contributed by atoms with Crippen molar-refractivity contribution >= 4 is 18.3 Å². The van der Waals surface area contributed by atoms with Gasteiger partial charge in [0.25, 0.3) is 0 Å². The average Bonchev–Trinajstić information content (AvgIpc) is 3.05. The normalized spacial score (nSPS) is 18.2. The molecule has 0 amide bonds. The fourth-order valence-corrected chi connectivity index (χ4v) is 4.52. The Bertz CT molecular complexity index is 1160. The molecule has 2 nitrogen and oxygen atoms in total. The lowest BCUT2D eigenvalue weighted by molar-refractivity contribution is -0.363. The maximum atomic E-state index is 15.5. The molecule has 152 valence electrons. The van der Waals surface area contributed by atoms with Crippen molar-refractivity contribution in [1.29, 1.82) is 0 Å². The minimum atomic E-state index is -4.85. The van der Waals surface area contributed by atoms with Crippen LogP contribution in [0.3, 0.4) is 0 Å². The number of fused-ring (bicyclic) bond motifs is 2. The molecule has 0 bridgehead atoms. The first-order valence-corrected chi connectivity index (χ1v) is 9.00. The number of aryl methyl sites for hydroxylation is 2. The quantitative estimate of drug-likeness (QED) is 0.422. The van der Waals surface area contributed by atoms with Gasteiger partial charge in [-0.3, -0.25) is 0 Å². The summed E-state index contributed by atoms with van der Waals surface area (Å²) in [4.78, 5) is 0. The van der Waals surface area contributed by atoms with Crippen LogP contribution in [0.2, 0.25) is 0 Å². The van der Waals surface area contributed by atoms with Crippen LogP contribution in [0.1, 0.15) is 41.9 Å². The van der Waals surface area contributed by atoms with E-state index in [1.165, 1.54) is 26.0 Å². The Hall–Kier alpha value is -2.71. The Morgan fingerprint density at radius 1 is 1.00 bits per heavy atom. The number of hydrogen-bond acceptors (Lipinski definition) is 0. The van der Waals surface area contributed by atoms with E-state index in [4.69, 9.17) is 0 Å². The van der Waals surface area contributed by atoms with Crippen molar-refractivity contribution in [2.75, 3.05) is 0 Å². The number of aromatic nitrogens is 1. The lowest BCUT2D eigenvalue weighted by Crippen LogP contribution is -2.51. The largest absolute Gasteiger partial charge is 0.737 e. The molecule has 1 aromatic carbocycles. The van der Waals surface area contributed by atoms with Gasteiger partial charge in [-0.15, -0.1) is 0 Å². The minimum Gasteiger partial charge on any atom is -0.393 e. The number of benzene rings is 1. The average molecular weight is 410 g/mol. The van der Waals surface area contributed by atoms with Gasteiger partial charge in [0.1, 0.15) is 11.5 Å². The first-order valence-electron chi connectivity index (χ1n) is 9.00. The van der Waals surface area contributed by atoms with Crippen LogP contribution < -0.4 is 0 Å². The molecule has 0 saturated heterocycles. The van der Waals surface area contributed by atoms with Crippen molar-refractivity contribution in [2.45, 2.75) is 33.9 Å². The van der Waals surface area contributed by atoms with Crippen LogP contribution in [0.5, 0.6) is 0 Å². The van der Waals surface area contributed by atoms with E-state index in [2.05, 4.69) is 0 Å². The van der Waals surface area contributed by atoms with E-state index in [9.17, 15) is 17.6 Å². The lowest BCUT2D eigenvalue weighted by Gasteiger charge is -2.34. The number of alkyl halides is 3. The molecule has 3 heterocycles. The molecule has 29 heavy (non-hydrogen) atoms. The standard InChI is InChI=1S/C20H17BF6N2/c1-10-7-12(3)28-18(10)17(15-6-5-14(22)9-16(15)20(23,24)25)19-11(2)8-13(4)29(19)21(28,26)27/h5-9H,1-4H3. The Labute approximate surface area is 163 Å². The van der Waals surface area contributed by atoms with E-state index >= 15 is 8.63 Å². The summed E-state index contributed by atoms with van der Waals surface area (Å²) < 4.78 is 87.6. The van der Waals surface area contributed by atoms with E-state index in [1.807, 2.05) is 0 Å². The molecule has 1 aromatic heterocycles. The number of hydrogen-bond donors (Lipinski definition) is 0. The molecule has 2 aliphatic rings. The second-order valence-corrected chi connectivity index (χ2v) is 7.53. The van der Waals surface area contributed by atoms with Crippen LogP contribution in [0.4, 0.5) is 26.2 Å². The molecule has 4 rings (SSSR count). The van der Waals surface area contributed by atoms with E-state index in [1.54, 1.807) is 13.8 Å². The number of halogens is 6. The lowest BCUT2D eigenvalue weighted by atomic mass is 9.82. The van der Waals surface area contributed by atoms with Gasteiger partial charge >= 0.3 is 13.1 Å². The topological polar surface area (TPSA) is 7.94 Å². The Kier molecular flexibility index (Phi) is 3.99. The zero-order chi connectivity index (χ0) is 21.5. The van der Waals surface area contributed by atoms with E-state index in [-0.39, 0.29) is 33.9 Å². The van der Waals surface area contributed by atoms with Crippen molar-refractivity contribution in [2.24, 2.45) is 0 Å². The Morgan fingerprint density at radius 2 is 1.66 bits per heavy atom. The first kappa shape index (κ1) is 19.6. The number of allylic oxidation sites excluding steroid dienone is 2. The predicted octanol–water partition coefficient (Wildman–Crippen LogP) is 5.69. The van der Waals surface area contributed by atoms with Crippen molar-refractivity contribution < 1.29 is 30.7 Å². The first-order chi connectivity index (χ1) is 13.4. The minimum absolute atomic E-state index is 0.0262. The summed E-state index contributed by atoms with van der Waals surface area (Å²) in [6.45, 7) is 1.87. The molecule has 2 aromatic rings. The monoisotopic (exact) mass is 410 g/mol. The van der Waals surface area contributed by atoms with Crippen LogP contribution in [0.25, 0.3) is 5.57 Å². The summed E-state index contributed by atoms with van der Waals surface area (Å²) in [5, 5.41) is 0. The maximum Gasteiger partial charge on any atom is 0.737 e. The van der Waals surface area contributed by atoms with E-state index < -0.39 is 24.5 Å². The third-order valence-corrected chi connectivity index (χ3v) is 5.49. The molecule has 2 aliphatic heterocycles. The van der Waals surface area contributed by atoms with Gasteiger partial charge in [0, 0.05) is 29.8 Å². The number of nitrogens with zero attached hydrogens (tertiary/aromatic N) is 2. The molecule has 0 atom stereocenters. The zero-order valence-corrected chi connectivity index (χ0v) is 16.1. The van der Waals surface area contributed by atoms with Gasteiger partial charge in [-0.1, -0.05) is 6.07 Å². The highest BCUT2D eigenvalue weighted by molar-refractivity contribution is 6.58. The zero-order valence-electron chi connectivity index (χ0n) is 16.1. The SMILES string of the molecule is CC1=CC(C)=[N+]2C1=C(c1ccc(F)cc1C(F)(F)F)c1c(C)cc(C)n1[B-]2(F)F. The predicted molar refractivity (Wildman–Crippen MR) is 99.4 cm³/mol. The number of rotatable bonds is 1. The molecular formula is C20H17BF6N2. The molecule has 0 fully saturated rings. The van der Waals surface area contributed by atoms with Crippen LogP contribution in [0, 0.1) is 19.7 Å². The summed E-state index contributed by atoms with van der Waals surface area (Å²) >= 11 is 0. The highest BCUT2D eigenvalue weighted by Gasteiger charge is 2.55. The fourth-order valence-electron chi connectivity index (χ4n) is 4.52. The van der Waals surface area contributed by atoms with Gasteiger partial charge in [0.2, 0.25) is 0 Å². The molecule has 0 radical (unpaired) electrons. The maximum absolute atomic E-state index is 15.5.